The van der Waals surface area contributed by atoms with Crippen molar-refractivity contribution in [3.05, 3.63) is 34.4 Å². The van der Waals surface area contributed by atoms with E-state index in [0.717, 1.165) is 0 Å². The molecule has 0 amide bonds. The van der Waals surface area contributed by atoms with Crippen LogP contribution in [0.3, 0.4) is 0 Å². The van der Waals surface area contributed by atoms with E-state index in [0.29, 0.717) is 16.3 Å². The minimum atomic E-state index is 0.0124. The number of benzene rings is 1. The fourth-order valence-corrected chi connectivity index (χ4v) is 1.34. The number of nitriles is 2. The highest BCUT2D eigenvalue weighted by molar-refractivity contribution is 6.32. The first kappa shape index (κ1) is 12.7. The van der Waals surface area contributed by atoms with Gasteiger partial charge in [-0.15, -0.1) is 6.42 Å². The van der Waals surface area contributed by atoms with Gasteiger partial charge in [0.2, 0.25) is 0 Å². The third-order valence-corrected chi connectivity index (χ3v) is 2.11. The number of hydrogen-bond donors (Lipinski definition) is 0. The molecule has 0 saturated carbocycles. The maximum absolute atomic E-state index is 8.61. The van der Waals surface area contributed by atoms with E-state index in [1.54, 1.807) is 30.3 Å². The van der Waals surface area contributed by atoms with Gasteiger partial charge in [-0.2, -0.15) is 10.5 Å². The lowest BCUT2D eigenvalue weighted by atomic mass is 10.1. The summed E-state index contributed by atoms with van der Waals surface area (Å²) in [5.41, 5.74) is 0.666. The van der Waals surface area contributed by atoms with Gasteiger partial charge in [0, 0.05) is 0 Å². The van der Waals surface area contributed by atoms with Crippen molar-refractivity contribution in [2.24, 2.45) is 0 Å². The number of allylic oxidation sites excluding steroid dienone is 1. The third-order valence-electron chi connectivity index (χ3n) is 1.82. The predicted octanol–water partition coefficient (Wildman–Crippen LogP) is 2.78. The molecule has 3 nitrogen and oxygen atoms in total. The Morgan fingerprint density at radius 2 is 2.12 bits per heavy atom. The van der Waals surface area contributed by atoms with Crippen molar-refractivity contribution in [2.45, 2.75) is 0 Å². The van der Waals surface area contributed by atoms with Gasteiger partial charge < -0.3 is 4.74 Å². The second-order valence-corrected chi connectivity index (χ2v) is 3.37. The minimum Gasteiger partial charge on any atom is -0.479 e. The summed E-state index contributed by atoms with van der Waals surface area (Å²) in [5, 5.41) is 17.6. The van der Waals surface area contributed by atoms with Crippen LogP contribution in [-0.2, 0) is 0 Å². The van der Waals surface area contributed by atoms with Crippen LogP contribution in [0, 0.1) is 35.0 Å². The van der Waals surface area contributed by atoms with Gasteiger partial charge in [-0.1, -0.05) is 23.6 Å². The molecule has 0 heterocycles. The van der Waals surface area contributed by atoms with Crippen LogP contribution >= 0.6 is 11.6 Å². The topological polar surface area (TPSA) is 56.8 Å². The van der Waals surface area contributed by atoms with Crippen molar-refractivity contribution in [1.82, 2.24) is 0 Å². The predicted molar refractivity (Wildman–Crippen MR) is 65.0 cm³/mol. The summed E-state index contributed by atoms with van der Waals surface area (Å²) in [5.74, 6) is 2.80. The SMILES string of the molecule is C#CCOc1ccc(C=C(C#N)C#N)cc1Cl. The first-order valence-electron chi connectivity index (χ1n) is 4.59. The average Bonchev–Trinajstić information content (AvgIpc) is 2.35. The summed E-state index contributed by atoms with van der Waals surface area (Å²) in [4.78, 5) is 0. The molecule has 0 aliphatic carbocycles. The van der Waals surface area contributed by atoms with Crippen molar-refractivity contribution in [3.63, 3.8) is 0 Å². The highest BCUT2D eigenvalue weighted by Crippen LogP contribution is 2.26. The zero-order chi connectivity index (χ0) is 12.7. The molecule has 0 bridgehead atoms. The average molecular weight is 243 g/mol. The van der Waals surface area contributed by atoms with E-state index >= 15 is 0 Å². The van der Waals surface area contributed by atoms with Gasteiger partial charge in [0.15, 0.2) is 0 Å². The molecule has 0 aliphatic heterocycles. The number of rotatable bonds is 3. The molecular formula is C13H7ClN2O. The summed E-state index contributed by atoms with van der Waals surface area (Å²) >= 11 is 5.95. The lowest BCUT2D eigenvalue weighted by Crippen LogP contribution is -1.94. The molecule has 0 saturated heterocycles. The molecule has 0 aliphatic rings. The highest BCUT2D eigenvalue weighted by atomic mass is 35.5. The van der Waals surface area contributed by atoms with Crippen LogP contribution in [0.2, 0.25) is 5.02 Å². The minimum absolute atomic E-state index is 0.0124. The van der Waals surface area contributed by atoms with E-state index in [2.05, 4.69) is 5.92 Å². The second-order valence-electron chi connectivity index (χ2n) is 2.96. The molecule has 0 N–H and O–H groups in total. The zero-order valence-electron chi connectivity index (χ0n) is 8.77. The van der Waals surface area contributed by atoms with E-state index < -0.39 is 0 Å². The highest BCUT2D eigenvalue weighted by Gasteiger charge is 2.02. The summed E-state index contributed by atoms with van der Waals surface area (Å²) < 4.78 is 5.18. The van der Waals surface area contributed by atoms with E-state index in [1.807, 2.05) is 0 Å². The van der Waals surface area contributed by atoms with Gasteiger partial charge in [0.25, 0.3) is 0 Å². The monoisotopic (exact) mass is 242 g/mol. The summed E-state index contributed by atoms with van der Waals surface area (Å²) in [6.45, 7) is 0.135. The molecule has 0 unspecified atom stereocenters. The molecule has 0 spiro atoms. The van der Waals surface area contributed by atoms with Crippen LogP contribution in [0.1, 0.15) is 5.56 Å². The summed E-state index contributed by atoms with van der Waals surface area (Å²) in [6, 6.07) is 8.46. The summed E-state index contributed by atoms with van der Waals surface area (Å²) in [6.07, 6.45) is 6.50. The van der Waals surface area contributed by atoms with Gasteiger partial charge in [0.1, 0.15) is 30.1 Å². The Morgan fingerprint density at radius 1 is 1.41 bits per heavy atom. The molecule has 82 valence electrons. The Labute approximate surface area is 104 Å². The first-order chi connectivity index (χ1) is 8.21. The van der Waals surface area contributed by atoms with Gasteiger partial charge in [-0.05, 0) is 23.8 Å². The van der Waals surface area contributed by atoms with Crippen LogP contribution in [-0.4, -0.2) is 6.61 Å². The molecular weight excluding hydrogens is 236 g/mol. The second kappa shape index (κ2) is 6.23. The molecule has 0 radical (unpaired) electrons. The van der Waals surface area contributed by atoms with Gasteiger partial charge in [-0.3, -0.25) is 0 Å². The van der Waals surface area contributed by atoms with Crippen LogP contribution in [0.5, 0.6) is 5.75 Å². The summed E-state index contributed by atoms with van der Waals surface area (Å²) in [7, 11) is 0. The molecule has 0 fully saturated rings. The van der Waals surface area contributed by atoms with Gasteiger partial charge in [0.05, 0.1) is 5.02 Å². The van der Waals surface area contributed by atoms with E-state index in [9.17, 15) is 0 Å². The van der Waals surface area contributed by atoms with Crippen molar-refractivity contribution < 1.29 is 4.74 Å². The van der Waals surface area contributed by atoms with E-state index in [-0.39, 0.29) is 12.2 Å². The third kappa shape index (κ3) is 3.58. The number of nitrogens with zero attached hydrogens (tertiary/aromatic N) is 2. The molecule has 0 aromatic heterocycles. The Morgan fingerprint density at radius 3 is 2.65 bits per heavy atom. The molecule has 1 rings (SSSR count). The lowest BCUT2D eigenvalue weighted by Gasteiger charge is -2.05. The fourth-order valence-electron chi connectivity index (χ4n) is 1.10. The van der Waals surface area contributed by atoms with Crippen molar-refractivity contribution >= 4 is 17.7 Å². The number of halogens is 1. The largest absolute Gasteiger partial charge is 0.479 e. The maximum atomic E-state index is 8.61. The van der Waals surface area contributed by atoms with E-state index in [4.69, 9.17) is 33.3 Å². The Hall–Kier alpha value is -2.41. The number of terminal acetylenes is 1. The molecule has 0 atom stereocenters. The zero-order valence-corrected chi connectivity index (χ0v) is 9.53. The number of ether oxygens (including phenoxy) is 1. The Bertz CT molecular complexity index is 555. The van der Waals surface area contributed by atoms with Crippen molar-refractivity contribution in [1.29, 1.82) is 10.5 Å². The van der Waals surface area contributed by atoms with E-state index in [1.165, 1.54) is 6.08 Å². The van der Waals surface area contributed by atoms with Crippen molar-refractivity contribution in [3.8, 4) is 30.2 Å². The van der Waals surface area contributed by atoms with Crippen LogP contribution < -0.4 is 4.74 Å². The standard InChI is InChI=1S/C13H7ClN2O/c1-2-5-17-13-4-3-10(7-12(13)14)6-11(8-15)9-16/h1,3-4,6-7H,5H2. The lowest BCUT2D eigenvalue weighted by molar-refractivity contribution is 0.370. The van der Waals surface area contributed by atoms with Gasteiger partial charge in [-0.25, -0.2) is 0 Å². The van der Waals surface area contributed by atoms with Crippen molar-refractivity contribution in [2.75, 3.05) is 6.61 Å². The van der Waals surface area contributed by atoms with Crippen LogP contribution in [0.4, 0.5) is 0 Å². The molecule has 1 aromatic rings. The van der Waals surface area contributed by atoms with Gasteiger partial charge >= 0.3 is 0 Å². The van der Waals surface area contributed by atoms with Crippen LogP contribution in [0.15, 0.2) is 23.8 Å². The fraction of sp³-hybridized carbons (Fsp3) is 0.0769. The Kier molecular flexibility index (Phi) is 4.64. The van der Waals surface area contributed by atoms with Crippen LogP contribution in [0.25, 0.3) is 6.08 Å². The maximum Gasteiger partial charge on any atom is 0.148 e. The number of hydrogen-bond acceptors (Lipinski definition) is 3. The normalized spacial score (nSPS) is 8.35. The molecule has 1 aromatic carbocycles. The molecule has 17 heavy (non-hydrogen) atoms. The molecule has 4 heteroatoms. The smallest absolute Gasteiger partial charge is 0.148 e. The Balaban J connectivity index is 2.99. The first-order valence-corrected chi connectivity index (χ1v) is 4.96. The quantitative estimate of drug-likeness (QED) is 0.605.